The van der Waals surface area contributed by atoms with E-state index in [4.69, 9.17) is 0 Å². The molecule has 0 radical (unpaired) electrons. The monoisotopic (exact) mass is 274 g/mol. The number of rotatable bonds is 5. The number of amides is 1. The summed E-state index contributed by atoms with van der Waals surface area (Å²) in [5.41, 5.74) is 1.59. The van der Waals surface area contributed by atoms with Crippen LogP contribution in [0.2, 0.25) is 0 Å². The molecule has 0 aliphatic carbocycles. The molecule has 2 N–H and O–H groups in total. The Morgan fingerprint density at radius 3 is 2.90 bits per heavy atom. The number of nitrogens with zero attached hydrogens (tertiary/aromatic N) is 4. The Hall–Kier alpha value is -2.28. The van der Waals surface area contributed by atoms with Gasteiger partial charge in [0.15, 0.2) is 5.82 Å². The van der Waals surface area contributed by atoms with Gasteiger partial charge >= 0.3 is 0 Å². The van der Waals surface area contributed by atoms with Crippen LogP contribution in [0.15, 0.2) is 24.3 Å². The largest absolute Gasteiger partial charge is 0.326 e. The van der Waals surface area contributed by atoms with Crippen molar-refractivity contribution < 1.29 is 4.79 Å². The summed E-state index contributed by atoms with van der Waals surface area (Å²) in [7, 11) is 3.60. The summed E-state index contributed by atoms with van der Waals surface area (Å²) in [6.07, 6.45) is 0. The molecule has 0 aliphatic rings. The Labute approximate surface area is 117 Å². The van der Waals surface area contributed by atoms with E-state index in [1.807, 2.05) is 38.2 Å². The molecule has 7 heteroatoms. The minimum Gasteiger partial charge on any atom is -0.326 e. The number of hydrogen-bond donors (Lipinski definition) is 2. The van der Waals surface area contributed by atoms with Crippen molar-refractivity contribution in [1.29, 1.82) is 0 Å². The van der Waals surface area contributed by atoms with Crippen LogP contribution in [0.5, 0.6) is 0 Å². The highest BCUT2D eigenvalue weighted by molar-refractivity contribution is 5.93. The molecule has 2 rings (SSSR count). The molecule has 0 saturated heterocycles. The number of carbonyl (C=O) groups is 1. The fraction of sp³-hybridized carbons (Fsp3) is 0.385. The van der Waals surface area contributed by atoms with Crippen molar-refractivity contribution in [3.05, 3.63) is 24.3 Å². The first-order chi connectivity index (χ1) is 9.61. The van der Waals surface area contributed by atoms with Crippen molar-refractivity contribution in [2.45, 2.75) is 6.92 Å². The summed E-state index contributed by atoms with van der Waals surface area (Å²) in [6.45, 7) is 2.51. The van der Waals surface area contributed by atoms with Gasteiger partial charge in [-0.3, -0.25) is 4.79 Å². The molecule has 0 bridgehead atoms. The summed E-state index contributed by atoms with van der Waals surface area (Å²) >= 11 is 0. The molecule has 2 aromatic rings. The van der Waals surface area contributed by atoms with Crippen LogP contribution in [0.3, 0.4) is 0 Å². The van der Waals surface area contributed by atoms with Crippen LogP contribution in [0.1, 0.15) is 6.92 Å². The molecular weight excluding hydrogens is 256 g/mol. The SMILES string of the molecule is CNCC(C)C(=O)Nc1cccc(-c2nnnn2C)c1. The fourth-order valence-corrected chi connectivity index (χ4v) is 1.87. The molecule has 0 spiro atoms. The molecular formula is C13H18N6O. The highest BCUT2D eigenvalue weighted by Crippen LogP contribution is 2.19. The fourth-order valence-electron chi connectivity index (χ4n) is 1.87. The molecule has 1 unspecified atom stereocenters. The summed E-state index contributed by atoms with van der Waals surface area (Å²) in [5, 5.41) is 17.2. The average Bonchev–Trinajstić information content (AvgIpc) is 2.85. The van der Waals surface area contributed by atoms with E-state index in [9.17, 15) is 4.79 Å². The topological polar surface area (TPSA) is 84.7 Å². The van der Waals surface area contributed by atoms with E-state index in [-0.39, 0.29) is 11.8 Å². The quantitative estimate of drug-likeness (QED) is 0.837. The van der Waals surface area contributed by atoms with E-state index >= 15 is 0 Å². The molecule has 0 fully saturated rings. The summed E-state index contributed by atoms with van der Waals surface area (Å²) < 4.78 is 1.59. The van der Waals surface area contributed by atoms with E-state index in [1.54, 1.807) is 11.7 Å². The number of anilines is 1. The minimum absolute atomic E-state index is 0.0207. The molecule has 1 aromatic carbocycles. The van der Waals surface area contributed by atoms with Crippen molar-refractivity contribution >= 4 is 11.6 Å². The Morgan fingerprint density at radius 2 is 2.25 bits per heavy atom. The van der Waals surface area contributed by atoms with E-state index in [0.717, 1.165) is 11.3 Å². The molecule has 20 heavy (non-hydrogen) atoms. The normalized spacial score (nSPS) is 12.2. The number of carbonyl (C=O) groups excluding carboxylic acids is 1. The minimum atomic E-state index is -0.0971. The number of aryl methyl sites for hydroxylation is 1. The zero-order valence-corrected chi connectivity index (χ0v) is 11.8. The molecule has 0 saturated carbocycles. The van der Waals surface area contributed by atoms with Crippen molar-refractivity contribution in [1.82, 2.24) is 25.5 Å². The summed E-state index contributed by atoms with van der Waals surface area (Å²) in [4.78, 5) is 12.0. The Morgan fingerprint density at radius 1 is 1.45 bits per heavy atom. The third-order valence-corrected chi connectivity index (χ3v) is 2.97. The standard InChI is InChI=1S/C13H18N6O/c1-9(8-14-2)13(20)15-11-6-4-5-10(7-11)12-16-17-18-19(12)3/h4-7,9,14H,8H2,1-3H3,(H,15,20). The first-order valence-corrected chi connectivity index (χ1v) is 6.40. The van der Waals surface area contributed by atoms with Crippen LogP contribution >= 0.6 is 0 Å². The molecule has 1 amide bonds. The Balaban J connectivity index is 2.15. The second-order valence-corrected chi connectivity index (χ2v) is 4.65. The van der Waals surface area contributed by atoms with Gasteiger partial charge in [0, 0.05) is 30.8 Å². The maximum absolute atomic E-state index is 12.0. The molecule has 0 aliphatic heterocycles. The highest BCUT2D eigenvalue weighted by Gasteiger charge is 2.13. The van der Waals surface area contributed by atoms with Crippen LogP contribution in [-0.4, -0.2) is 39.7 Å². The summed E-state index contributed by atoms with van der Waals surface area (Å²) in [6, 6.07) is 7.47. The lowest BCUT2D eigenvalue weighted by atomic mass is 10.1. The van der Waals surface area contributed by atoms with Gasteiger partial charge in [-0.25, -0.2) is 4.68 Å². The van der Waals surface area contributed by atoms with E-state index in [0.29, 0.717) is 12.4 Å². The smallest absolute Gasteiger partial charge is 0.228 e. The van der Waals surface area contributed by atoms with Crippen molar-refractivity contribution in [3.8, 4) is 11.4 Å². The third kappa shape index (κ3) is 3.18. The first-order valence-electron chi connectivity index (χ1n) is 6.40. The van der Waals surface area contributed by atoms with E-state index in [2.05, 4.69) is 26.2 Å². The highest BCUT2D eigenvalue weighted by atomic mass is 16.1. The van der Waals surface area contributed by atoms with Gasteiger partial charge in [0.1, 0.15) is 0 Å². The van der Waals surface area contributed by atoms with Gasteiger partial charge < -0.3 is 10.6 Å². The number of aromatic nitrogens is 4. The molecule has 106 valence electrons. The predicted molar refractivity (Wildman–Crippen MR) is 76.0 cm³/mol. The molecule has 1 heterocycles. The van der Waals surface area contributed by atoms with Crippen LogP contribution in [0.25, 0.3) is 11.4 Å². The summed E-state index contributed by atoms with van der Waals surface area (Å²) in [5.74, 6) is 0.539. The van der Waals surface area contributed by atoms with Crippen LogP contribution in [0, 0.1) is 5.92 Å². The van der Waals surface area contributed by atoms with E-state index < -0.39 is 0 Å². The van der Waals surface area contributed by atoms with Crippen molar-refractivity contribution in [3.63, 3.8) is 0 Å². The van der Waals surface area contributed by atoms with Gasteiger partial charge in [-0.05, 0) is 29.6 Å². The van der Waals surface area contributed by atoms with Crippen LogP contribution in [0.4, 0.5) is 5.69 Å². The van der Waals surface area contributed by atoms with E-state index in [1.165, 1.54) is 0 Å². The van der Waals surface area contributed by atoms with Gasteiger partial charge in [-0.2, -0.15) is 0 Å². The van der Waals surface area contributed by atoms with Gasteiger partial charge in [0.2, 0.25) is 5.91 Å². The molecule has 1 atom stereocenters. The average molecular weight is 274 g/mol. The van der Waals surface area contributed by atoms with Crippen LogP contribution < -0.4 is 10.6 Å². The maximum atomic E-state index is 12.0. The second kappa shape index (κ2) is 6.25. The van der Waals surface area contributed by atoms with Gasteiger partial charge in [-0.1, -0.05) is 19.1 Å². The van der Waals surface area contributed by atoms with Crippen molar-refractivity contribution in [2.75, 3.05) is 18.9 Å². The molecule has 1 aromatic heterocycles. The Kier molecular flexibility index (Phi) is 4.41. The zero-order chi connectivity index (χ0) is 14.5. The third-order valence-electron chi connectivity index (χ3n) is 2.97. The second-order valence-electron chi connectivity index (χ2n) is 4.65. The number of benzene rings is 1. The zero-order valence-electron chi connectivity index (χ0n) is 11.8. The number of nitrogens with one attached hydrogen (secondary N) is 2. The molecule has 7 nitrogen and oxygen atoms in total. The lowest BCUT2D eigenvalue weighted by Crippen LogP contribution is -2.28. The predicted octanol–water partition coefficient (Wildman–Crippen LogP) is 0.671. The lowest BCUT2D eigenvalue weighted by Gasteiger charge is -2.12. The number of tetrazole rings is 1. The van der Waals surface area contributed by atoms with Gasteiger partial charge in [0.05, 0.1) is 0 Å². The first kappa shape index (κ1) is 14.1. The van der Waals surface area contributed by atoms with Gasteiger partial charge in [-0.15, -0.1) is 5.10 Å². The lowest BCUT2D eigenvalue weighted by molar-refractivity contribution is -0.119. The Bertz CT molecular complexity index is 594. The maximum Gasteiger partial charge on any atom is 0.228 e. The van der Waals surface area contributed by atoms with Crippen molar-refractivity contribution in [2.24, 2.45) is 13.0 Å². The number of hydrogen-bond acceptors (Lipinski definition) is 5. The van der Waals surface area contributed by atoms with Crippen LogP contribution in [-0.2, 0) is 11.8 Å². The van der Waals surface area contributed by atoms with Gasteiger partial charge in [0.25, 0.3) is 0 Å².